The highest BCUT2D eigenvalue weighted by molar-refractivity contribution is 5.94. The molecule has 1 fully saturated rings. The fourth-order valence-electron chi connectivity index (χ4n) is 3.75. The zero-order valence-electron chi connectivity index (χ0n) is 16.1. The summed E-state index contributed by atoms with van der Waals surface area (Å²) in [6.07, 6.45) is 0. The number of aromatic nitrogens is 1. The maximum Gasteiger partial charge on any atom is 0.254 e. The monoisotopic (exact) mass is 370 g/mol. The molecule has 5 nitrogen and oxygen atoms in total. The summed E-state index contributed by atoms with van der Waals surface area (Å²) in [5.41, 5.74) is 4.52. The molecule has 0 N–H and O–H groups in total. The molecule has 2 heterocycles. The molecule has 1 aromatic heterocycles. The van der Waals surface area contributed by atoms with Gasteiger partial charge in [0.15, 0.2) is 0 Å². The Kier molecular flexibility index (Phi) is 4.70. The Morgan fingerprint density at radius 2 is 1.75 bits per heavy atom. The summed E-state index contributed by atoms with van der Waals surface area (Å²) in [6, 6.07) is 17.4. The van der Waals surface area contributed by atoms with Crippen LogP contribution in [0.3, 0.4) is 0 Å². The van der Waals surface area contributed by atoms with Crippen molar-refractivity contribution in [2.24, 2.45) is 0 Å². The second-order valence-corrected chi connectivity index (χ2v) is 7.24. The van der Waals surface area contributed by atoms with Gasteiger partial charge in [-0.05, 0) is 49.2 Å². The Hall–Kier alpha value is -3.39. The van der Waals surface area contributed by atoms with Crippen LogP contribution < -0.4 is 4.90 Å². The number of carbonyl (C=O) groups is 1. The van der Waals surface area contributed by atoms with Gasteiger partial charge in [0, 0.05) is 37.1 Å². The van der Waals surface area contributed by atoms with E-state index in [9.17, 15) is 4.79 Å². The van der Waals surface area contributed by atoms with Gasteiger partial charge in [-0.15, -0.1) is 0 Å². The molecule has 2 aromatic carbocycles. The van der Waals surface area contributed by atoms with Crippen molar-refractivity contribution in [3.05, 3.63) is 70.8 Å². The Morgan fingerprint density at radius 1 is 1.00 bits per heavy atom. The zero-order valence-corrected chi connectivity index (χ0v) is 16.1. The predicted octanol–water partition coefficient (Wildman–Crippen LogP) is 3.69. The largest absolute Gasteiger partial charge is 0.353 e. The average Bonchev–Trinajstić information content (AvgIpc) is 2.74. The lowest BCUT2D eigenvalue weighted by atomic mass is 10.1. The number of hydrogen-bond acceptors (Lipinski definition) is 4. The van der Waals surface area contributed by atoms with Crippen molar-refractivity contribution in [1.29, 1.82) is 5.26 Å². The third kappa shape index (κ3) is 3.29. The quantitative estimate of drug-likeness (QED) is 0.690. The van der Waals surface area contributed by atoms with Gasteiger partial charge >= 0.3 is 0 Å². The van der Waals surface area contributed by atoms with E-state index in [0.29, 0.717) is 24.2 Å². The number of amides is 1. The number of aryl methyl sites for hydroxylation is 2. The Balaban J connectivity index is 1.51. The molecule has 3 aromatic rings. The summed E-state index contributed by atoms with van der Waals surface area (Å²) in [7, 11) is 0. The van der Waals surface area contributed by atoms with Crippen molar-refractivity contribution in [3.8, 4) is 6.07 Å². The van der Waals surface area contributed by atoms with Crippen LogP contribution in [0, 0.1) is 25.2 Å². The van der Waals surface area contributed by atoms with Crippen LogP contribution in [0.15, 0.2) is 48.5 Å². The van der Waals surface area contributed by atoms with Gasteiger partial charge in [0.05, 0.1) is 17.1 Å². The Labute approximate surface area is 164 Å². The van der Waals surface area contributed by atoms with Crippen LogP contribution in [-0.4, -0.2) is 42.0 Å². The van der Waals surface area contributed by atoms with E-state index in [0.717, 1.165) is 24.4 Å². The first-order chi connectivity index (χ1) is 13.6. The molecule has 1 amide bonds. The molecule has 1 aliphatic heterocycles. The second kappa shape index (κ2) is 7.32. The molecular formula is C23H22N4O. The number of hydrogen-bond donors (Lipinski definition) is 0. The van der Waals surface area contributed by atoms with Crippen molar-refractivity contribution >= 4 is 22.6 Å². The van der Waals surface area contributed by atoms with Gasteiger partial charge < -0.3 is 9.80 Å². The smallest absolute Gasteiger partial charge is 0.254 e. The summed E-state index contributed by atoms with van der Waals surface area (Å²) in [5.74, 6) is 0.952. The van der Waals surface area contributed by atoms with Crippen LogP contribution in [-0.2, 0) is 0 Å². The number of carbonyl (C=O) groups excluding carboxylic acids is 1. The number of rotatable bonds is 2. The van der Waals surface area contributed by atoms with Crippen LogP contribution in [0.5, 0.6) is 0 Å². The van der Waals surface area contributed by atoms with E-state index in [-0.39, 0.29) is 5.91 Å². The number of fused-ring (bicyclic) bond motifs is 1. The minimum absolute atomic E-state index is 0.0183. The summed E-state index contributed by atoms with van der Waals surface area (Å²) in [4.78, 5) is 21.8. The minimum Gasteiger partial charge on any atom is -0.353 e. The SMILES string of the molecule is Cc1cc(N2CCN(C(=O)c3cccc(C#N)c3)CC2)nc2c(C)cccc12. The molecule has 0 spiro atoms. The lowest BCUT2D eigenvalue weighted by molar-refractivity contribution is 0.0746. The normalized spacial score (nSPS) is 14.2. The van der Waals surface area contributed by atoms with Crippen LogP contribution in [0.4, 0.5) is 5.82 Å². The van der Waals surface area contributed by atoms with Gasteiger partial charge in [-0.2, -0.15) is 5.26 Å². The second-order valence-electron chi connectivity index (χ2n) is 7.24. The highest BCUT2D eigenvalue weighted by atomic mass is 16.2. The number of pyridine rings is 1. The van der Waals surface area contributed by atoms with Crippen LogP contribution in [0.2, 0.25) is 0 Å². The molecule has 1 aliphatic rings. The molecule has 4 rings (SSSR count). The third-order valence-electron chi connectivity index (χ3n) is 5.36. The van der Waals surface area contributed by atoms with E-state index in [1.807, 2.05) is 4.90 Å². The van der Waals surface area contributed by atoms with E-state index in [1.54, 1.807) is 24.3 Å². The summed E-state index contributed by atoms with van der Waals surface area (Å²) in [5, 5.41) is 10.2. The molecule has 0 unspecified atom stereocenters. The fourth-order valence-corrected chi connectivity index (χ4v) is 3.75. The zero-order chi connectivity index (χ0) is 19.7. The molecule has 1 saturated heterocycles. The van der Waals surface area contributed by atoms with Crippen LogP contribution in [0.25, 0.3) is 10.9 Å². The Bertz CT molecular complexity index is 1090. The molecule has 140 valence electrons. The maximum absolute atomic E-state index is 12.8. The van der Waals surface area contributed by atoms with Crippen molar-refractivity contribution in [3.63, 3.8) is 0 Å². The lowest BCUT2D eigenvalue weighted by Crippen LogP contribution is -2.49. The summed E-state index contributed by atoms with van der Waals surface area (Å²) in [6.45, 7) is 6.98. The Morgan fingerprint density at radius 3 is 2.50 bits per heavy atom. The summed E-state index contributed by atoms with van der Waals surface area (Å²) < 4.78 is 0. The minimum atomic E-state index is -0.0183. The first kappa shape index (κ1) is 18.0. The molecule has 28 heavy (non-hydrogen) atoms. The van der Waals surface area contributed by atoms with Crippen molar-refractivity contribution < 1.29 is 4.79 Å². The maximum atomic E-state index is 12.8. The van der Waals surface area contributed by atoms with Crippen molar-refractivity contribution in [2.75, 3.05) is 31.1 Å². The molecule has 0 aliphatic carbocycles. The summed E-state index contributed by atoms with van der Waals surface area (Å²) >= 11 is 0. The molecular weight excluding hydrogens is 348 g/mol. The fraction of sp³-hybridized carbons (Fsp3) is 0.261. The first-order valence-electron chi connectivity index (χ1n) is 9.48. The number of nitriles is 1. The highest BCUT2D eigenvalue weighted by Gasteiger charge is 2.23. The number of piperazine rings is 1. The van der Waals surface area contributed by atoms with E-state index in [1.165, 1.54) is 16.5 Å². The van der Waals surface area contributed by atoms with E-state index >= 15 is 0 Å². The molecule has 0 bridgehead atoms. The van der Waals surface area contributed by atoms with Crippen molar-refractivity contribution in [1.82, 2.24) is 9.88 Å². The van der Waals surface area contributed by atoms with Crippen molar-refractivity contribution in [2.45, 2.75) is 13.8 Å². The lowest BCUT2D eigenvalue weighted by Gasteiger charge is -2.35. The standard InChI is InChI=1S/C23H22N4O/c1-16-5-3-8-20-17(2)13-21(25-22(16)20)26-9-11-27(12-10-26)23(28)19-7-4-6-18(14-19)15-24/h3-8,13-14H,9-12H2,1-2H3. The average molecular weight is 370 g/mol. The van der Waals surface area contributed by atoms with E-state index < -0.39 is 0 Å². The van der Waals surface area contributed by atoms with Gasteiger partial charge in [0.25, 0.3) is 5.91 Å². The van der Waals surface area contributed by atoms with Gasteiger partial charge in [0.2, 0.25) is 0 Å². The molecule has 0 atom stereocenters. The third-order valence-corrected chi connectivity index (χ3v) is 5.36. The number of benzene rings is 2. The van der Waals surface area contributed by atoms with Gasteiger partial charge in [-0.3, -0.25) is 4.79 Å². The van der Waals surface area contributed by atoms with Gasteiger partial charge in [-0.25, -0.2) is 4.98 Å². The molecule has 5 heteroatoms. The molecule has 0 saturated carbocycles. The highest BCUT2D eigenvalue weighted by Crippen LogP contribution is 2.25. The molecule has 0 radical (unpaired) electrons. The number of para-hydroxylation sites is 1. The van der Waals surface area contributed by atoms with Crippen LogP contribution >= 0.6 is 0 Å². The van der Waals surface area contributed by atoms with Gasteiger partial charge in [0.1, 0.15) is 5.82 Å². The van der Waals surface area contributed by atoms with E-state index in [2.05, 4.69) is 49.1 Å². The first-order valence-corrected chi connectivity index (χ1v) is 9.48. The van der Waals surface area contributed by atoms with Crippen LogP contribution in [0.1, 0.15) is 27.0 Å². The predicted molar refractivity (Wildman–Crippen MR) is 110 cm³/mol. The number of anilines is 1. The van der Waals surface area contributed by atoms with Gasteiger partial charge in [-0.1, -0.05) is 24.3 Å². The van der Waals surface area contributed by atoms with E-state index in [4.69, 9.17) is 10.2 Å². The number of nitrogens with zero attached hydrogens (tertiary/aromatic N) is 4. The topological polar surface area (TPSA) is 60.2 Å².